The Hall–Kier alpha value is -1.40. The van der Waals surface area contributed by atoms with E-state index in [1.54, 1.807) is 6.07 Å². The number of hydrogen-bond donors (Lipinski definition) is 1. The molecule has 0 atom stereocenters. The zero-order chi connectivity index (χ0) is 15.3. The molecular formula is C14H26N4O2. The monoisotopic (exact) mass is 282 g/mol. The summed E-state index contributed by atoms with van der Waals surface area (Å²) in [7, 11) is 1.31. The van der Waals surface area contributed by atoms with E-state index in [-0.39, 0.29) is 0 Å². The molecular weight excluding hydrogens is 256 g/mol. The average molecular weight is 282 g/mol. The predicted molar refractivity (Wildman–Crippen MR) is 77.6 cm³/mol. The molecule has 1 N–H and O–H groups in total. The van der Waals surface area contributed by atoms with E-state index in [1.807, 2.05) is 18.5 Å². The summed E-state index contributed by atoms with van der Waals surface area (Å²) in [6.45, 7) is 11.0. The number of hydroxylamine groups is 2. The van der Waals surface area contributed by atoms with Gasteiger partial charge in [-0.05, 0) is 26.3 Å². The van der Waals surface area contributed by atoms with Gasteiger partial charge in [0.1, 0.15) is 0 Å². The minimum atomic E-state index is -0.466. The third kappa shape index (κ3) is 3.80. The molecule has 6 heteroatoms. The molecule has 114 valence electrons. The molecule has 0 saturated heterocycles. The molecule has 0 aromatic carbocycles. The van der Waals surface area contributed by atoms with Crippen LogP contribution in [0.2, 0.25) is 0 Å². The number of carbonyl (C=O) groups is 1. The summed E-state index contributed by atoms with van der Waals surface area (Å²) in [5, 5.41) is 14.0. The number of rotatable bonds is 2. The number of fused-ring (bicyclic) bond motifs is 1. The zero-order valence-corrected chi connectivity index (χ0v) is 13.1. The maximum atomic E-state index is 11.7. The van der Waals surface area contributed by atoms with Crippen molar-refractivity contribution < 1.29 is 10.0 Å². The molecule has 1 amide bonds. The largest absolute Gasteiger partial charge is 0.297 e. The molecule has 1 aliphatic heterocycles. The average Bonchev–Trinajstić information content (AvgIpc) is 2.71. The summed E-state index contributed by atoms with van der Waals surface area (Å²) in [6, 6.07) is 2.25. The van der Waals surface area contributed by atoms with Crippen LogP contribution in [0.5, 0.6) is 0 Å². The van der Waals surface area contributed by atoms with Gasteiger partial charge in [0.15, 0.2) is 5.69 Å². The lowest BCUT2D eigenvalue weighted by molar-refractivity contribution is -0.0380. The van der Waals surface area contributed by atoms with Gasteiger partial charge in [0.2, 0.25) is 0 Å². The number of hydrogen-bond acceptors (Lipinski definition) is 4. The third-order valence-corrected chi connectivity index (χ3v) is 3.29. The Labute approximate surface area is 120 Å². The predicted octanol–water partition coefficient (Wildman–Crippen LogP) is 1.98. The molecule has 1 aromatic rings. The van der Waals surface area contributed by atoms with Crippen molar-refractivity contribution in [3.63, 3.8) is 0 Å². The fourth-order valence-electron chi connectivity index (χ4n) is 2.20. The van der Waals surface area contributed by atoms with Crippen LogP contribution in [0.15, 0.2) is 6.07 Å². The summed E-state index contributed by atoms with van der Waals surface area (Å²) in [5.74, 6) is -0.466. The Morgan fingerprint density at radius 2 is 2.05 bits per heavy atom. The van der Waals surface area contributed by atoms with E-state index >= 15 is 0 Å². The Morgan fingerprint density at radius 3 is 2.60 bits per heavy atom. The molecule has 2 heterocycles. The summed E-state index contributed by atoms with van der Waals surface area (Å²) in [4.78, 5) is 14.0. The van der Waals surface area contributed by atoms with Gasteiger partial charge in [-0.25, -0.2) is 5.06 Å². The van der Waals surface area contributed by atoms with Gasteiger partial charge < -0.3 is 0 Å². The number of amides is 1. The lowest BCUT2D eigenvalue weighted by atomic mass is 10.2. The minimum Gasteiger partial charge on any atom is -0.295 e. The minimum absolute atomic E-state index is 0.306. The van der Waals surface area contributed by atoms with Crippen LogP contribution >= 0.6 is 0 Å². The first kappa shape index (κ1) is 16.7. The number of aryl methyl sites for hydroxylation is 1. The second kappa shape index (κ2) is 7.40. The van der Waals surface area contributed by atoms with E-state index in [1.165, 1.54) is 7.05 Å². The van der Waals surface area contributed by atoms with Crippen molar-refractivity contribution in [2.45, 2.75) is 53.2 Å². The molecule has 0 spiro atoms. The van der Waals surface area contributed by atoms with E-state index in [0.29, 0.717) is 16.8 Å². The van der Waals surface area contributed by atoms with Crippen molar-refractivity contribution in [2.24, 2.45) is 0 Å². The Kier molecular flexibility index (Phi) is 6.16. The van der Waals surface area contributed by atoms with Gasteiger partial charge in [-0.2, -0.15) is 5.10 Å². The van der Waals surface area contributed by atoms with Gasteiger partial charge in [0, 0.05) is 32.7 Å². The summed E-state index contributed by atoms with van der Waals surface area (Å²) in [6.07, 6.45) is 1.02. The highest BCUT2D eigenvalue weighted by Gasteiger charge is 2.21. The summed E-state index contributed by atoms with van der Waals surface area (Å²) in [5.41, 5.74) is 1.34. The van der Waals surface area contributed by atoms with Gasteiger partial charge in [0.25, 0.3) is 5.91 Å². The molecule has 0 bridgehead atoms. The lowest BCUT2D eigenvalue weighted by Gasteiger charge is -2.23. The van der Waals surface area contributed by atoms with Crippen molar-refractivity contribution in [3.8, 4) is 0 Å². The second-order valence-electron chi connectivity index (χ2n) is 4.99. The van der Waals surface area contributed by atoms with E-state index in [0.717, 1.165) is 31.7 Å². The van der Waals surface area contributed by atoms with Crippen LogP contribution in [0.4, 0.5) is 0 Å². The van der Waals surface area contributed by atoms with Gasteiger partial charge >= 0.3 is 0 Å². The molecule has 2 rings (SSSR count). The normalized spacial score (nSPS) is 15.2. The molecule has 0 radical (unpaired) electrons. The van der Waals surface area contributed by atoms with Crippen molar-refractivity contribution in [1.82, 2.24) is 19.7 Å². The van der Waals surface area contributed by atoms with E-state index in [9.17, 15) is 4.79 Å². The molecule has 1 aromatic heterocycles. The Morgan fingerprint density at radius 1 is 1.40 bits per heavy atom. The van der Waals surface area contributed by atoms with Crippen molar-refractivity contribution in [2.75, 3.05) is 13.6 Å². The van der Waals surface area contributed by atoms with Crippen LogP contribution in [0.3, 0.4) is 0 Å². The molecule has 0 fully saturated rings. The Bertz CT molecular complexity index is 440. The maximum absolute atomic E-state index is 11.7. The molecule has 1 aliphatic rings. The van der Waals surface area contributed by atoms with Crippen molar-refractivity contribution >= 4 is 5.91 Å². The van der Waals surface area contributed by atoms with Crippen LogP contribution in [-0.4, -0.2) is 50.5 Å². The lowest BCUT2D eigenvalue weighted by Crippen LogP contribution is -2.30. The maximum Gasteiger partial charge on any atom is 0.297 e. The highest BCUT2D eigenvalue weighted by Crippen LogP contribution is 2.16. The van der Waals surface area contributed by atoms with E-state index in [4.69, 9.17) is 5.21 Å². The van der Waals surface area contributed by atoms with Crippen LogP contribution in [0.1, 0.15) is 50.3 Å². The fraction of sp³-hybridized carbons (Fsp3) is 0.714. The van der Waals surface area contributed by atoms with Gasteiger partial charge in [-0.3, -0.25) is 19.6 Å². The van der Waals surface area contributed by atoms with Crippen LogP contribution in [0, 0.1) is 0 Å². The fourth-order valence-corrected chi connectivity index (χ4v) is 2.20. The number of aromatic nitrogens is 2. The second-order valence-corrected chi connectivity index (χ2v) is 4.99. The highest BCUT2D eigenvalue weighted by atomic mass is 16.5. The topological polar surface area (TPSA) is 61.6 Å². The Balaban J connectivity index is 0.000000956. The molecule has 0 unspecified atom stereocenters. The number of carbonyl (C=O) groups excluding carboxylic acids is 1. The smallest absolute Gasteiger partial charge is 0.295 e. The van der Waals surface area contributed by atoms with Crippen molar-refractivity contribution in [1.29, 1.82) is 0 Å². The number of nitrogens with zero attached hydrogens (tertiary/aromatic N) is 4. The zero-order valence-electron chi connectivity index (χ0n) is 13.1. The first-order chi connectivity index (χ1) is 9.49. The molecule has 20 heavy (non-hydrogen) atoms. The van der Waals surface area contributed by atoms with Crippen LogP contribution in [-0.2, 0) is 13.1 Å². The third-order valence-electron chi connectivity index (χ3n) is 3.29. The summed E-state index contributed by atoms with van der Waals surface area (Å²) < 4.78 is 1.87. The first-order valence-corrected chi connectivity index (χ1v) is 7.26. The standard InChI is InChI=1S/C12H20N4O2.C2H6/c1-9(2)15-5-4-6-16-10(8-15)7-11(13-16)12(17)14(3)18;1-2/h7,9,18H,4-6,8H2,1-3H3;1-2H3. The van der Waals surface area contributed by atoms with Crippen LogP contribution < -0.4 is 0 Å². The molecule has 6 nitrogen and oxygen atoms in total. The molecule has 0 aliphatic carbocycles. The highest BCUT2D eigenvalue weighted by molar-refractivity contribution is 5.91. The SMILES string of the molecule is CC.CC(C)N1CCCn2nc(C(=O)N(C)O)cc2C1. The van der Waals surface area contributed by atoms with Crippen molar-refractivity contribution in [3.05, 3.63) is 17.5 Å². The van der Waals surface area contributed by atoms with E-state index in [2.05, 4.69) is 23.8 Å². The first-order valence-electron chi connectivity index (χ1n) is 7.26. The van der Waals surface area contributed by atoms with Gasteiger partial charge in [-0.15, -0.1) is 0 Å². The van der Waals surface area contributed by atoms with Gasteiger partial charge in [0.05, 0.1) is 5.69 Å². The van der Waals surface area contributed by atoms with E-state index < -0.39 is 5.91 Å². The summed E-state index contributed by atoms with van der Waals surface area (Å²) >= 11 is 0. The quantitative estimate of drug-likeness (QED) is 0.665. The molecule has 0 saturated carbocycles. The van der Waals surface area contributed by atoms with Crippen LogP contribution in [0.25, 0.3) is 0 Å². The van der Waals surface area contributed by atoms with Gasteiger partial charge in [-0.1, -0.05) is 13.8 Å².